The molecule has 134 valence electrons. The Bertz CT molecular complexity index is 702. The molecule has 0 aromatic heterocycles. The van der Waals surface area contributed by atoms with Crippen LogP contribution in [0, 0.1) is 22.0 Å². The van der Waals surface area contributed by atoms with Gasteiger partial charge in [-0.15, -0.1) is 0 Å². The van der Waals surface area contributed by atoms with E-state index in [0.717, 1.165) is 12.8 Å². The Hall–Kier alpha value is -2.64. The predicted molar refractivity (Wildman–Crippen MR) is 91.9 cm³/mol. The number of nitrogens with zero attached hydrogens (tertiary/aromatic N) is 2. The standard InChI is InChI=1S/C17H22N4O4/c18-15-13(4-1-5-14(15)21(24)25)17(23)20-8-2-3-12(10-20)16(22)19-9-11-6-7-11/h1,4-5,11-12H,2-3,6-10,18H2,(H,19,22)/t12-/m0/s1. The molecule has 0 spiro atoms. The fraction of sp³-hybridized carbons (Fsp3) is 0.529. The summed E-state index contributed by atoms with van der Waals surface area (Å²) in [5, 5.41) is 14.0. The van der Waals surface area contributed by atoms with E-state index < -0.39 is 4.92 Å². The topological polar surface area (TPSA) is 119 Å². The van der Waals surface area contributed by atoms with Crippen LogP contribution in [0.3, 0.4) is 0 Å². The van der Waals surface area contributed by atoms with Crippen molar-refractivity contribution in [2.24, 2.45) is 11.8 Å². The lowest BCUT2D eigenvalue weighted by atomic mass is 9.96. The number of hydrogen-bond donors (Lipinski definition) is 2. The number of rotatable bonds is 5. The number of amides is 2. The first-order valence-corrected chi connectivity index (χ1v) is 8.57. The third-order valence-electron chi connectivity index (χ3n) is 4.85. The molecule has 1 aromatic rings. The Balaban J connectivity index is 1.68. The maximum Gasteiger partial charge on any atom is 0.292 e. The number of nitro groups is 1. The van der Waals surface area contributed by atoms with Crippen LogP contribution in [0.5, 0.6) is 0 Å². The maximum absolute atomic E-state index is 12.7. The third kappa shape index (κ3) is 3.89. The number of carbonyl (C=O) groups is 2. The molecule has 3 rings (SSSR count). The average molecular weight is 346 g/mol. The zero-order valence-corrected chi connectivity index (χ0v) is 13.9. The van der Waals surface area contributed by atoms with Crippen molar-refractivity contribution in [1.82, 2.24) is 10.2 Å². The molecule has 1 aliphatic heterocycles. The zero-order valence-electron chi connectivity index (χ0n) is 13.9. The Kier molecular flexibility index (Phi) is 4.87. The SMILES string of the molecule is Nc1c(C(=O)N2CCC[C@H](C(=O)NCC3CC3)C2)cccc1[N+](=O)[O-]. The lowest BCUT2D eigenvalue weighted by Crippen LogP contribution is -2.45. The van der Waals surface area contributed by atoms with Crippen molar-refractivity contribution >= 4 is 23.2 Å². The van der Waals surface area contributed by atoms with E-state index in [4.69, 9.17) is 5.73 Å². The minimum atomic E-state index is -0.601. The molecule has 3 N–H and O–H groups in total. The Labute approximate surface area is 145 Å². The molecular formula is C17H22N4O4. The lowest BCUT2D eigenvalue weighted by Gasteiger charge is -2.32. The van der Waals surface area contributed by atoms with E-state index in [1.807, 2.05) is 0 Å². The number of nitrogen functional groups attached to an aromatic ring is 1. The molecule has 0 unspecified atom stereocenters. The van der Waals surface area contributed by atoms with E-state index in [1.165, 1.54) is 31.0 Å². The molecule has 1 aromatic carbocycles. The number of carbonyl (C=O) groups excluding carboxylic acids is 2. The Morgan fingerprint density at radius 1 is 1.32 bits per heavy atom. The summed E-state index contributed by atoms with van der Waals surface area (Å²) in [6.45, 7) is 1.55. The first-order chi connectivity index (χ1) is 12.0. The molecule has 8 heteroatoms. The van der Waals surface area contributed by atoms with Gasteiger partial charge in [0.1, 0.15) is 5.69 Å². The molecule has 0 radical (unpaired) electrons. The summed E-state index contributed by atoms with van der Waals surface area (Å²) in [5.74, 6) is -0.0105. The van der Waals surface area contributed by atoms with Crippen molar-refractivity contribution in [3.05, 3.63) is 33.9 Å². The first kappa shape index (κ1) is 17.2. The summed E-state index contributed by atoms with van der Waals surface area (Å²) < 4.78 is 0. The Morgan fingerprint density at radius 3 is 2.76 bits per heavy atom. The molecule has 1 heterocycles. The Morgan fingerprint density at radius 2 is 2.08 bits per heavy atom. The zero-order chi connectivity index (χ0) is 18.0. The van der Waals surface area contributed by atoms with Gasteiger partial charge in [-0.25, -0.2) is 0 Å². The number of benzene rings is 1. The number of para-hydroxylation sites is 1. The molecule has 1 aliphatic carbocycles. The fourth-order valence-electron chi connectivity index (χ4n) is 3.16. The number of likely N-dealkylation sites (tertiary alicyclic amines) is 1. The second-order valence-electron chi connectivity index (χ2n) is 6.77. The second kappa shape index (κ2) is 7.08. The van der Waals surface area contributed by atoms with Crippen molar-refractivity contribution in [2.75, 3.05) is 25.4 Å². The van der Waals surface area contributed by atoms with Crippen molar-refractivity contribution in [2.45, 2.75) is 25.7 Å². The monoisotopic (exact) mass is 346 g/mol. The quantitative estimate of drug-likeness (QED) is 0.476. The van der Waals surface area contributed by atoms with Crippen molar-refractivity contribution in [1.29, 1.82) is 0 Å². The van der Waals surface area contributed by atoms with E-state index >= 15 is 0 Å². The van der Waals surface area contributed by atoms with Gasteiger partial charge in [-0.05, 0) is 37.7 Å². The molecule has 1 atom stereocenters. The highest BCUT2D eigenvalue weighted by Gasteiger charge is 2.31. The number of nitrogens with two attached hydrogens (primary N) is 1. The fourth-order valence-corrected chi connectivity index (χ4v) is 3.16. The number of nitrogens with one attached hydrogen (secondary N) is 1. The van der Waals surface area contributed by atoms with Gasteiger partial charge in [-0.2, -0.15) is 0 Å². The van der Waals surface area contributed by atoms with E-state index in [9.17, 15) is 19.7 Å². The van der Waals surface area contributed by atoms with E-state index in [2.05, 4.69) is 5.32 Å². The highest BCUT2D eigenvalue weighted by atomic mass is 16.6. The lowest BCUT2D eigenvalue weighted by molar-refractivity contribution is -0.383. The summed E-state index contributed by atoms with van der Waals surface area (Å²) in [6.07, 6.45) is 3.80. The molecule has 0 bridgehead atoms. The third-order valence-corrected chi connectivity index (χ3v) is 4.85. The van der Waals surface area contributed by atoms with Crippen LogP contribution < -0.4 is 11.1 Å². The summed E-state index contributed by atoms with van der Waals surface area (Å²) in [6, 6.07) is 4.21. The van der Waals surface area contributed by atoms with Gasteiger partial charge in [0.2, 0.25) is 5.91 Å². The maximum atomic E-state index is 12.7. The summed E-state index contributed by atoms with van der Waals surface area (Å²) in [7, 11) is 0. The van der Waals surface area contributed by atoms with E-state index in [0.29, 0.717) is 25.6 Å². The van der Waals surface area contributed by atoms with Gasteiger partial charge in [0.15, 0.2) is 0 Å². The van der Waals surface area contributed by atoms with Crippen LogP contribution in [-0.4, -0.2) is 41.3 Å². The van der Waals surface area contributed by atoms with Crippen LogP contribution in [0.1, 0.15) is 36.0 Å². The normalized spacial score (nSPS) is 20.2. The summed E-state index contributed by atoms with van der Waals surface area (Å²) >= 11 is 0. The number of hydrogen-bond acceptors (Lipinski definition) is 5. The molecule has 8 nitrogen and oxygen atoms in total. The van der Waals surface area contributed by atoms with Crippen LogP contribution in [0.15, 0.2) is 18.2 Å². The van der Waals surface area contributed by atoms with Crippen LogP contribution >= 0.6 is 0 Å². The summed E-state index contributed by atoms with van der Waals surface area (Å²) in [4.78, 5) is 37.0. The molecule has 2 amide bonds. The second-order valence-corrected chi connectivity index (χ2v) is 6.77. The minimum Gasteiger partial charge on any atom is -0.393 e. The van der Waals surface area contributed by atoms with Crippen LogP contribution in [0.25, 0.3) is 0 Å². The van der Waals surface area contributed by atoms with Crippen LogP contribution in [-0.2, 0) is 4.79 Å². The van der Waals surface area contributed by atoms with Gasteiger partial charge >= 0.3 is 0 Å². The highest BCUT2D eigenvalue weighted by Crippen LogP contribution is 2.29. The molecule has 1 saturated heterocycles. The molecule has 1 saturated carbocycles. The highest BCUT2D eigenvalue weighted by molar-refractivity contribution is 6.01. The average Bonchev–Trinajstić information content (AvgIpc) is 3.43. The minimum absolute atomic E-state index is 0.0172. The van der Waals surface area contributed by atoms with Gasteiger partial charge in [-0.1, -0.05) is 6.07 Å². The molecule has 25 heavy (non-hydrogen) atoms. The van der Waals surface area contributed by atoms with Gasteiger partial charge in [0.05, 0.1) is 16.4 Å². The largest absolute Gasteiger partial charge is 0.393 e. The summed E-state index contributed by atoms with van der Waals surface area (Å²) in [5.41, 5.74) is 5.52. The van der Waals surface area contributed by atoms with Gasteiger partial charge < -0.3 is 16.0 Å². The molecular weight excluding hydrogens is 324 g/mol. The molecule has 2 fully saturated rings. The van der Waals surface area contributed by atoms with Crippen molar-refractivity contribution < 1.29 is 14.5 Å². The van der Waals surface area contributed by atoms with Crippen LogP contribution in [0.2, 0.25) is 0 Å². The van der Waals surface area contributed by atoms with Gasteiger partial charge in [-0.3, -0.25) is 19.7 Å². The van der Waals surface area contributed by atoms with Gasteiger partial charge in [0.25, 0.3) is 11.6 Å². The predicted octanol–water partition coefficient (Wildman–Crippen LogP) is 1.56. The number of nitro benzene ring substituents is 1. The van der Waals surface area contributed by atoms with Gasteiger partial charge in [0, 0.05) is 25.7 Å². The molecule has 2 aliphatic rings. The van der Waals surface area contributed by atoms with E-state index in [-0.39, 0.29) is 34.7 Å². The smallest absolute Gasteiger partial charge is 0.292 e. The number of piperidine rings is 1. The van der Waals surface area contributed by atoms with Crippen molar-refractivity contribution in [3.8, 4) is 0 Å². The number of anilines is 1. The van der Waals surface area contributed by atoms with E-state index in [1.54, 1.807) is 4.90 Å². The van der Waals surface area contributed by atoms with Crippen molar-refractivity contribution in [3.63, 3.8) is 0 Å². The van der Waals surface area contributed by atoms with Crippen LogP contribution in [0.4, 0.5) is 11.4 Å². The first-order valence-electron chi connectivity index (χ1n) is 8.57.